The van der Waals surface area contributed by atoms with Gasteiger partial charge in [0.2, 0.25) is 5.91 Å². The minimum Gasteiger partial charge on any atom is -0.379 e. The van der Waals surface area contributed by atoms with Crippen LogP contribution in [0.25, 0.3) is 0 Å². The average molecular weight is 464 g/mol. The summed E-state index contributed by atoms with van der Waals surface area (Å²) in [6.07, 6.45) is 1.17. The first-order valence-corrected chi connectivity index (χ1v) is 9.10. The van der Waals surface area contributed by atoms with Gasteiger partial charge in [0, 0.05) is 25.4 Å². The van der Waals surface area contributed by atoms with Crippen LogP contribution in [-0.2, 0) is 19.4 Å². The number of carbonyl (C=O) groups excluding carboxylic acids is 1. The zero-order valence-electron chi connectivity index (χ0n) is 14.4. The first-order valence-electron chi connectivity index (χ1n) is 7.04. The van der Waals surface area contributed by atoms with Gasteiger partial charge < -0.3 is 20.7 Å². The minimum absolute atomic E-state index is 0. The van der Waals surface area contributed by atoms with E-state index in [9.17, 15) is 13.2 Å². The van der Waals surface area contributed by atoms with Crippen molar-refractivity contribution in [1.82, 2.24) is 16.0 Å². The summed E-state index contributed by atoms with van der Waals surface area (Å²) in [4.78, 5) is 15.6. The van der Waals surface area contributed by atoms with Gasteiger partial charge in [-0.15, -0.1) is 24.0 Å². The van der Waals surface area contributed by atoms with Crippen molar-refractivity contribution in [3.63, 3.8) is 0 Å². The fourth-order valence-electron chi connectivity index (χ4n) is 1.40. The van der Waals surface area contributed by atoms with Crippen LogP contribution in [0.15, 0.2) is 4.99 Å². The molecule has 0 spiro atoms. The molecule has 8 nitrogen and oxygen atoms in total. The highest BCUT2D eigenvalue weighted by Gasteiger charge is 2.13. The second kappa shape index (κ2) is 11.8. The molecule has 0 aliphatic carbocycles. The van der Waals surface area contributed by atoms with E-state index in [1.165, 1.54) is 6.26 Å². The van der Waals surface area contributed by atoms with E-state index in [0.29, 0.717) is 19.1 Å². The number of carbonyl (C=O) groups is 1. The molecule has 0 atom stereocenters. The summed E-state index contributed by atoms with van der Waals surface area (Å²) in [5, 5.41) is 8.68. The Morgan fingerprint density at radius 1 is 1.17 bits per heavy atom. The largest absolute Gasteiger partial charge is 0.379 e. The van der Waals surface area contributed by atoms with Crippen LogP contribution in [0.1, 0.15) is 20.8 Å². The number of nitrogens with zero attached hydrogens (tertiary/aromatic N) is 1. The lowest BCUT2D eigenvalue weighted by atomic mass is 10.1. The number of ether oxygens (including phenoxy) is 1. The summed E-state index contributed by atoms with van der Waals surface area (Å²) in [6, 6.07) is 0. The van der Waals surface area contributed by atoms with Crippen molar-refractivity contribution in [1.29, 1.82) is 0 Å². The molecule has 138 valence electrons. The molecule has 0 saturated carbocycles. The lowest BCUT2D eigenvalue weighted by molar-refractivity contribution is -0.121. The van der Waals surface area contributed by atoms with Gasteiger partial charge in [0.1, 0.15) is 9.84 Å². The van der Waals surface area contributed by atoms with Crippen LogP contribution < -0.4 is 16.0 Å². The van der Waals surface area contributed by atoms with Crippen LogP contribution in [0, 0.1) is 0 Å². The molecule has 0 bridgehead atoms. The molecular formula is C13H29IN4O4S. The fraction of sp³-hybridized carbons (Fsp3) is 0.846. The van der Waals surface area contributed by atoms with Gasteiger partial charge in [-0.3, -0.25) is 9.79 Å². The van der Waals surface area contributed by atoms with Gasteiger partial charge in [0.05, 0.1) is 25.5 Å². The number of rotatable bonds is 8. The van der Waals surface area contributed by atoms with E-state index in [0.717, 1.165) is 0 Å². The molecule has 0 aliphatic heterocycles. The van der Waals surface area contributed by atoms with Crippen molar-refractivity contribution in [3.05, 3.63) is 0 Å². The Kier molecular flexibility index (Phi) is 12.7. The smallest absolute Gasteiger partial charge is 0.239 e. The van der Waals surface area contributed by atoms with Crippen LogP contribution in [0.4, 0.5) is 0 Å². The van der Waals surface area contributed by atoms with E-state index < -0.39 is 9.84 Å². The quantitative estimate of drug-likeness (QED) is 0.198. The molecule has 0 unspecified atom stereocenters. The van der Waals surface area contributed by atoms with E-state index >= 15 is 0 Å². The monoisotopic (exact) mass is 464 g/mol. The molecule has 0 fully saturated rings. The van der Waals surface area contributed by atoms with Gasteiger partial charge >= 0.3 is 0 Å². The van der Waals surface area contributed by atoms with Crippen LogP contribution >= 0.6 is 24.0 Å². The Morgan fingerprint density at radius 2 is 1.78 bits per heavy atom. The number of hydrogen-bond donors (Lipinski definition) is 3. The maximum absolute atomic E-state index is 11.7. The number of aliphatic imine (C=N–C) groups is 1. The molecule has 10 heteroatoms. The Hall–Kier alpha value is -0.620. The topological polar surface area (TPSA) is 109 Å². The normalized spacial score (nSPS) is 12.3. The van der Waals surface area contributed by atoms with E-state index in [2.05, 4.69) is 20.9 Å². The second-order valence-corrected chi connectivity index (χ2v) is 8.15. The van der Waals surface area contributed by atoms with Gasteiger partial charge in [-0.25, -0.2) is 8.42 Å². The number of amides is 1. The van der Waals surface area contributed by atoms with Crippen molar-refractivity contribution < 1.29 is 17.9 Å². The molecule has 23 heavy (non-hydrogen) atoms. The van der Waals surface area contributed by atoms with Crippen molar-refractivity contribution in [2.24, 2.45) is 4.99 Å². The van der Waals surface area contributed by atoms with Gasteiger partial charge in [0.15, 0.2) is 5.96 Å². The predicted octanol–water partition coefficient (Wildman–Crippen LogP) is -0.255. The highest BCUT2D eigenvalue weighted by Crippen LogP contribution is 1.96. The summed E-state index contributed by atoms with van der Waals surface area (Å²) in [5.41, 5.74) is -0.275. The molecule has 0 saturated heterocycles. The number of halogens is 1. The molecule has 1 amide bonds. The molecule has 0 radical (unpaired) electrons. The lowest BCUT2D eigenvalue weighted by Gasteiger charge is -2.21. The maximum Gasteiger partial charge on any atom is 0.239 e. The third kappa shape index (κ3) is 17.6. The first kappa shape index (κ1) is 24.6. The van der Waals surface area contributed by atoms with Crippen molar-refractivity contribution in [2.45, 2.75) is 26.3 Å². The van der Waals surface area contributed by atoms with Crippen molar-refractivity contribution in [3.8, 4) is 0 Å². The van der Waals surface area contributed by atoms with E-state index in [-0.39, 0.29) is 54.3 Å². The van der Waals surface area contributed by atoms with Crippen LogP contribution in [0.3, 0.4) is 0 Å². The molecule has 0 aromatic heterocycles. The Bertz CT molecular complexity index is 475. The molecule has 0 aliphatic rings. The van der Waals surface area contributed by atoms with Crippen LogP contribution in [0.2, 0.25) is 0 Å². The number of nitrogens with one attached hydrogen (secondary N) is 3. The highest BCUT2D eigenvalue weighted by molar-refractivity contribution is 14.0. The standard InChI is InChI=1S/C13H28N4O4S.HI/c1-13(2,3)17-11(18)10-16-12(14-4)15-6-7-21-8-9-22(5,19)20;/h6-10H2,1-5H3,(H,17,18)(H2,14,15,16);1H. The lowest BCUT2D eigenvalue weighted by Crippen LogP contribution is -2.48. The third-order valence-corrected chi connectivity index (χ3v) is 3.20. The maximum atomic E-state index is 11.7. The summed E-state index contributed by atoms with van der Waals surface area (Å²) in [5.74, 6) is 0.364. The Labute approximate surface area is 156 Å². The van der Waals surface area contributed by atoms with Crippen LogP contribution in [0.5, 0.6) is 0 Å². The highest BCUT2D eigenvalue weighted by atomic mass is 127. The van der Waals surface area contributed by atoms with Gasteiger partial charge in [-0.1, -0.05) is 0 Å². The Morgan fingerprint density at radius 3 is 2.26 bits per heavy atom. The van der Waals surface area contributed by atoms with Gasteiger partial charge in [-0.05, 0) is 20.8 Å². The molecular weight excluding hydrogens is 435 g/mol. The third-order valence-electron chi connectivity index (χ3n) is 2.29. The summed E-state index contributed by atoms with van der Waals surface area (Å²) >= 11 is 0. The van der Waals surface area contributed by atoms with E-state index in [1.807, 2.05) is 20.8 Å². The Balaban J connectivity index is 0. The summed E-state index contributed by atoms with van der Waals surface area (Å²) in [7, 11) is -1.39. The van der Waals surface area contributed by atoms with Gasteiger partial charge in [0.25, 0.3) is 0 Å². The zero-order valence-corrected chi connectivity index (χ0v) is 17.6. The van der Waals surface area contributed by atoms with Crippen LogP contribution in [-0.4, -0.2) is 71.2 Å². The van der Waals surface area contributed by atoms with Crippen molar-refractivity contribution in [2.75, 3.05) is 45.4 Å². The number of guanidine groups is 1. The number of sulfone groups is 1. The molecule has 3 N–H and O–H groups in total. The molecule has 0 aromatic rings. The average Bonchev–Trinajstić information content (AvgIpc) is 2.33. The molecule has 0 aromatic carbocycles. The fourth-order valence-corrected chi connectivity index (χ4v) is 1.82. The second-order valence-electron chi connectivity index (χ2n) is 5.89. The first-order chi connectivity index (χ1) is 10.0. The van der Waals surface area contributed by atoms with Gasteiger partial charge in [-0.2, -0.15) is 0 Å². The minimum atomic E-state index is -2.99. The molecule has 0 heterocycles. The zero-order chi connectivity index (χ0) is 17.2. The summed E-state index contributed by atoms with van der Waals surface area (Å²) < 4.78 is 27.0. The number of hydrogen-bond acceptors (Lipinski definition) is 5. The van der Waals surface area contributed by atoms with Crippen molar-refractivity contribution >= 4 is 45.7 Å². The van der Waals surface area contributed by atoms with E-state index in [4.69, 9.17) is 4.74 Å². The molecule has 0 rings (SSSR count). The van der Waals surface area contributed by atoms with E-state index in [1.54, 1.807) is 7.05 Å². The predicted molar refractivity (Wildman–Crippen MR) is 103 cm³/mol. The SMILES string of the molecule is CN=C(NCCOCCS(C)(=O)=O)NCC(=O)NC(C)(C)C.I. The summed E-state index contributed by atoms with van der Waals surface area (Å²) in [6.45, 7) is 6.82.